The van der Waals surface area contributed by atoms with Gasteiger partial charge < -0.3 is 15.4 Å². The Kier molecular flexibility index (Phi) is 5.10. The van der Waals surface area contributed by atoms with E-state index in [9.17, 15) is 8.78 Å². The average molecular weight is 270 g/mol. The molecule has 3 nitrogen and oxygen atoms in total. The van der Waals surface area contributed by atoms with Gasteiger partial charge in [-0.2, -0.15) is 8.78 Å². The molecule has 0 radical (unpaired) electrons. The third-order valence-corrected chi connectivity index (χ3v) is 3.41. The molecule has 1 heterocycles. The first-order valence-electron chi connectivity index (χ1n) is 6.66. The predicted octanol–water partition coefficient (Wildman–Crippen LogP) is 2.69. The van der Waals surface area contributed by atoms with Crippen LogP contribution in [-0.4, -0.2) is 25.7 Å². The maximum absolute atomic E-state index is 12.2. The number of rotatable bonds is 5. The molecule has 1 aliphatic heterocycles. The third-order valence-electron chi connectivity index (χ3n) is 3.41. The van der Waals surface area contributed by atoms with Crippen LogP contribution in [0.4, 0.5) is 8.78 Å². The van der Waals surface area contributed by atoms with Gasteiger partial charge in [0.25, 0.3) is 0 Å². The monoisotopic (exact) mass is 270 g/mol. The molecule has 1 aromatic carbocycles. The predicted molar refractivity (Wildman–Crippen MR) is 70.5 cm³/mol. The molecule has 0 spiro atoms. The molecule has 19 heavy (non-hydrogen) atoms. The van der Waals surface area contributed by atoms with Crippen LogP contribution in [0.25, 0.3) is 0 Å². The highest BCUT2D eigenvalue weighted by molar-refractivity contribution is 5.30. The minimum absolute atomic E-state index is 0.129. The first-order chi connectivity index (χ1) is 9.15. The highest BCUT2D eigenvalue weighted by Crippen LogP contribution is 2.21. The molecular formula is C14H20F2N2O. The third kappa shape index (κ3) is 4.44. The molecule has 0 bridgehead atoms. The van der Waals surface area contributed by atoms with Crippen molar-refractivity contribution in [2.24, 2.45) is 0 Å². The van der Waals surface area contributed by atoms with Gasteiger partial charge in [-0.1, -0.05) is 12.1 Å². The normalized spacial score (nSPS) is 18.5. The van der Waals surface area contributed by atoms with E-state index in [4.69, 9.17) is 0 Å². The van der Waals surface area contributed by atoms with Gasteiger partial charge in [0.2, 0.25) is 0 Å². The lowest BCUT2D eigenvalue weighted by Gasteiger charge is -2.27. The van der Waals surface area contributed by atoms with Gasteiger partial charge in [0.15, 0.2) is 0 Å². The molecule has 0 aromatic heterocycles. The Balaban J connectivity index is 1.95. The second kappa shape index (κ2) is 6.82. The van der Waals surface area contributed by atoms with E-state index in [0.29, 0.717) is 6.04 Å². The lowest BCUT2D eigenvalue weighted by atomic mass is 10.0. The van der Waals surface area contributed by atoms with Gasteiger partial charge in [-0.3, -0.25) is 0 Å². The average Bonchev–Trinajstić information content (AvgIpc) is 2.39. The van der Waals surface area contributed by atoms with E-state index < -0.39 is 6.61 Å². The Hall–Kier alpha value is -1.20. The standard InChI is InChI=1S/C14H20F2N2O/c1-10(18-12-5-7-17-8-6-12)11-3-2-4-13(9-11)19-14(15)16/h2-4,9-10,12,14,17-18H,5-8H2,1H3. The highest BCUT2D eigenvalue weighted by Gasteiger charge is 2.16. The molecule has 0 amide bonds. The summed E-state index contributed by atoms with van der Waals surface area (Å²) in [5.74, 6) is 0.214. The number of hydrogen-bond donors (Lipinski definition) is 2. The SMILES string of the molecule is CC(NC1CCNCC1)c1cccc(OC(F)F)c1. The number of hydrogen-bond acceptors (Lipinski definition) is 3. The lowest BCUT2D eigenvalue weighted by molar-refractivity contribution is -0.0499. The first-order valence-corrected chi connectivity index (χ1v) is 6.66. The zero-order chi connectivity index (χ0) is 13.7. The first kappa shape index (κ1) is 14.2. The maximum Gasteiger partial charge on any atom is 0.387 e. The molecule has 2 rings (SSSR count). The zero-order valence-corrected chi connectivity index (χ0v) is 11.0. The molecule has 0 saturated carbocycles. The fourth-order valence-corrected chi connectivity index (χ4v) is 2.40. The van der Waals surface area contributed by atoms with Gasteiger partial charge in [-0.15, -0.1) is 0 Å². The quantitative estimate of drug-likeness (QED) is 0.863. The number of nitrogens with one attached hydrogen (secondary N) is 2. The fourth-order valence-electron chi connectivity index (χ4n) is 2.40. The molecule has 1 fully saturated rings. The van der Waals surface area contributed by atoms with Gasteiger partial charge in [0, 0.05) is 12.1 Å². The summed E-state index contributed by atoms with van der Waals surface area (Å²) in [6.45, 7) is 1.32. The van der Waals surface area contributed by atoms with Gasteiger partial charge in [0.1, 0.15) is 5.75 Å². The van der Waals surface area contributed by atoms with Crippen molar-refractivity contribution in [3.05, 3.63) is 29.8 Å². The second-order valence-corrected chi connectivity index (χ2v) is 4.86. The number of benzene rings is 1. The van der Waals surface area contributed by atoms with Crippen molar-refractivity contribution in [1.29, 1.82) is 0 Å². The summed E-state index contributed by atoms with van der Waals surface area (Å²) in [7, 11) is 0. The van der Waals surface area contributed by atoms with Crippen LogP contribution in [-0.2, 0) is 0 Å². The van der Waals surface area contributed by atoms with Crippen molar-refractivity contribution in [3.63, 3.8) is 0 Å². The fraction of sp³-hybridized carbons (Fsp3) is 0.571. The minimum Gasteiger partial charge on any atom is -0.435 e. The van der Waals surface area contributed by atoms with Gasteiger partial charge >= 0.3 is 6.61 Å². The van der Waals surface area contributed by atoms with Crippen LogP contribution < -0.4 is 15.4 Å². The van der Waals surface area contributed by atoms with Crippen molar-refractivity contribution in [2.45, 2.75) is 38.5 Å². The summed E-state index contributed by atoms with van der Waals surface area (Å²) in [5, 5.41) is 6.85. The Labute approximate surface area is 112 Å². The van der Waals surface area contributed by atoms with Crippen LogP contribution in [0.5, 0.6) is 5.75 Å². The summed E-state index contributed by atoms with van der Waals surface area (Å²) >= 11 is 0. The Morgan fingerprint density at radius 1 is 1.32 bits per heavy atom. The topological polar surface area (TPSA) is 33.3 Å². The van der Waals surface area contributed by atoms with Crippen LogP contribution in [0.1, 0.15) is 31.4 Å². The van der Waals surface area contributed by atoms with Gasteiger partial charge in [-0.25, -0.2) is 0 Å². The molecule has 1 saturated heterocycles. The van der Waals surface area contributed by atoms with E-state index in [1.807, 2.05) is 13.0 Å². The molecule has 0 aliphatic carbocycles. The van der Waals surface area contributed by atoms with Crippen molar-refractivity contribution >= 4 is 0 Å². The summed E-state index contributed by atoms with van der Waals surface area (Å²) in [6, 6.07) is 7.50. The Morgan fingerprint density at radius 3 is 2.74 bits per heavy atom. The van der Waals surface area contributed by atoms with Crippen LogP contribution in [0, 0.1) is 0 Å². The molecule has 1 atom stereocenters. The summed E-state index contributed by atoms with van der Waals surface area (Å²) < 4.78 is 28.8. The zero-order valence-electron chi connectivity index (χ0n) is 11.0. The van der Waals surface area contributed by atoms with Crippen molar-refractivity contribution in [3.8, 4) is 5.75 Å². The van der Waals surface area contributed by atoms with Crippen LogP contribution in [0.2, 0.25) is 0 Å². The van der Waals surface area contributed by atoms with Crippen LogP contribution in [0.3, 0.4) is 0 Å². The van der Waals surface area contributed by atoms with Crippen LogP contribution >= 0.6 is 0 Å². The minimum atomic E-state index is -2.78. The van der Waals surface area contributed by atoms with Crippen LogP contribution in [0.15, 0.2) is 24.3 Å². The lowest BCUT2D eigenvalue weighted by Crippen LogP contribution is -2.40. The van der Waals surface area contributed by atoms with E-state index in [0.717, 1.165) is 31.5 Å². The summed E-state index contributed by atoms with van der Waals surface area (Å²) in [4.78, 5) is 0. The molecule has 2 N–H and O–H groups in total. The number of piperidine rings is 1. The highest BCUT2D eigenvalue weighted by atomic mass is 19.3. The molecular weight excluding hydrogens is 250 g/mol. The summed E-state index contributed by atoms with van der Waals surface area (Å²) in [5.41, 5.74) is 0.969. The second-order valence-electron chi connectivity index (χ2n) is 4.86. The van der Waals surface area contributed by atoms with E-state index in [2.05, 4.69) is 15.4 Å². The number of alkyl halides is 2. The Morgan fingerprint density at radius 2 is 2.05 bits per heavy atom. The molecule has 5 heteroatoms. The molecule has 1 aromatic rings. The maximum atomic E-state index is 12.2. The smallest absolute Gasteiger partial charge is 0.387 e. The van der Waals surface area contributed by atoms with Crippen molar-refractivity contribution < 1.29 is 13.5 Å². The van der Waals surface area contributed by atoms with Crippen molar-refractivity contribution in [1.82, 2.24) is 10.6 Å². The van der Waals surface area contributed by atoms with E-state index >= 15 is 0 Å². The van der Waals surface area contributed by atoms with Gasteiger partial charge in [-0.05, 0) is 50.6 Å². The summed E-state index contributed by atoms with van der Waals surface area (Å²) in [6.07, 6.45) is 2.19. The largest absolute Gasteiger partial charge is 0.435 e. The molecule has 106 valence electrons. The van der Waals surface area contributed by atoms with E-state index in [-0.39, 0.29) is 11.8 Å². The number of ether oxygens (including phenoxy) is 1. The van der Waals surface area contributed by atoms with E-state index in [1.165, 1.54) is 0 Å². The number of halogens is 2. The molecule has 1 aliphatic rings. The Bertz CT molecular complexity index is 395. The van der Waals surface area contributed by atoms with E-state index in [1.54, 1.807) is 18.2 Å². The molecule has 1 unspecified atom stereocenters. The van der Waals surface area contributed by atoms with Crippen molar-refractivity contribution in [2.75, 3.05) is 13.1 Å². The van der Waals surface area contributed by atoms with Gasteiger partial charge in [0.05, 0.1) is 0 Å².